The van der Waals surface area contributed by atoms with Crippen molar-refractivity contribution < 1.29 is 4.79 Å². The van der Waals surface area contributed by atoms with E-state index in [4.69, 9.17) is 0 Å². The van der Waals surface area contributed by atoms with Crippen molar-refractivity contribution >= 4 is 28.4 Å². The smallest absolute Gasteiger partial charge is 0.274 e. The van der Waals surface area contributed by atoms with Crippen molar-refractivity contribution in [2.45, 2.75) is 25.3 Å². The Labute approximate surface area is 162 Å². The number of hydrogen-bond donors (Lipinski definition) is 1. The standard InChI is InChI=1S/C21H23N3O2S/c1-15(2)14-24-21(26)18-11-7-6-10-17(18)19(23-24)20(25)22-12-13-27-16-8-4-3-5-9-16/h3-11,15H,12-14H2,1-2H3,(H,22,25). The van der Waals surface area contributed by atoms with Gasteiger partial charge in [0.1, 0.15) is 0 Å². The first-order valence-electron chi connectivity index (χ1n) is 9.02. The van der Waals surface area contributed by atoms with Gasteiger partial charge in [-0.05, 0) is 24.1 Å². The van der Waals surface area contributed by atoms with E-state index in [9.17, 15) is 9.59 Å². The van der Waals surface area contributed by atoms with Crippen molar-refractivity contribution in [3.63, 3.8) is 0 Å². The van der Waals surface area contributed by atoms with Crippen LogP contribution in [0.1, 0.15) is 24.3 Å². The van der Waals surface area contributed by atoms with Crippen LogP contribution < -0.4 is 10.9 Å². The van der Waals surface area contributed by atoms with Crippen molar-refractivity contribution in [2.75, 3.05) is 12.3 Å². The highest BCUT2D eigenvalue weighted by Crippen LogP contribution is 2.16. The van der Waals surface area contributed by atoms with Gasteiger partial charge in [-0.15, -0.1) is 11.8 Å². The summed E-state index contributed by atoms with van der Waals surface area (Å²) in [5, 5.41) is 8.40. The molecule has 0 fully saturated rings. The van der Waals surface area contributed by atoms with Gasteiger partial charge in [-0.2, -0.15) is 5.10 Å². The average molecular weight is 382 g/mol. The third-order valence-electron chi connectivity index (χ3n) is 4.02. The van der Waals surface area contributed by atoms with Crippen molar-refractivity contribution in [1.29, 1.82) is 0 Å². The zero-order valence-corrected chi connectivity index (χ0v) is 16.3. The van der Waals surface area contributed by atoms with Crippen LogP contribution in [0.25, 0.3) is 10.8 Å². The highest BCUT2D eigenvalue weighted by atomic mass is 32.2. The molecule has 0 unspecified atom stereocenters. The summed E-state index contributed by atoms with van der Waals surface area (Å²) in [7, 11) is 0. The van der Waals surface area contributed by atoms with Gasteiger partial charge in [-0.3, -0.25) is 9.59 Å². The maximum Gasteiger partial charge on any atom is 0.274 e. The Bertz CT molecular complexity index is 984. The summed E-state index contributed by atoms with van der Waals surface area (Å²) in [5.74, 6) is 0.770. The predicted octanol–water partition coefficient (Wildman–Crippen LogP) is 3.57. The normalized spacial score (nSPS) is 11.1. The molecule has 0 saturated carbocycles. The molecule has 140 valence electrons. The number of amides is 1. The van der Waals surface area contributed by atoms with Crippen LogP contribution in [0.5, 0.6) is 0 Å². The zero-order valence-electron chi connectivity index (χ0n) is 15.5. The first-order valence-corrected chi connectivity index (χ1v) is 10.0. The van der Waals surface area contributed by atoms with Gasteiger partial charge in [-0.1, -0.05) is 50.2 Å². The van der Waals surface area contributed by atoms with E-state index in [2.05, 4.69) is 10.4 Å². The summed E-state index contributed by atoms with van der Waals surface area (Å²) in [6.07, 6.45) is 0. The Balaban J connectivity index is 1.77. The molecule has 1 heterocycles. The summed E-state index contributed by atoms with van der Waals surface area (Å²) in [6.45, 7) is 5.04. The van der Waals surface area contributed by atoms with E-state index in [1.165, 1.54) is 9.58 Å². The molecule has 5 nitrogen and oxygen atoms in total. The van der Waals surface area contributed by atoms with E-state index in [1.807, 2.05) is 56.3 Å². The second kappa shape index (κ2) is 8.86. The lowest BCUT2D eigenvalue weighted by Gasteiger charge is -2.12. The molecule has 0 aliphatic rings. The van der Waals surface area contributed by atoms with Crippen molar-refractivity contribution in [1.82, 2.24) is 15.1 Å². The minimum absolute atomic E-state index is 0.157. The first-order chi connectivity index (χ1) is 13.1. The molecule has 0 atom stereocenters. The maximum absolute atomic E-state index is 12.7. The van der Waals surface area contributed by atoms with E-state index in [0.717, 1.165) is 5.75 Å². The van der Waals surface area contributed by atoms with Gasteiger partial charge in [-0.25, -0.2) is 4.68 Å². The third kappa shape index (κ3) is 4.77. The molecule has 27 heavy (non-hydrogen) atoms. The van der Waals surface area contributed by atoms with Crippen LogP contribution in [0.15, 0.2) is 64.3 Å². The minimum Gasteiger partial charge on any atom is -0.350 e. The number of fused-ring (bicyclic) bond motifs is 1. The maximum atomic E-state index is 12.7. The Hall–Kier alpha value is -2.60. The molecule has 0 radical (unpaired) electrons. The van der Waals surface area contributed by atoms with E-state index in [0.29, 0.717) is 29.6 Å². The quantitative estimate of drug-likeness (QED) is 0.502. The van der Waals surface area contributed by atoms with Gasteiger partial charge in [0.15, 0.2) is 5.69 Å². The molecule has 1 amide bonds. The van der Waals surface area contributed by atoms with Gasteiger partial charge < -0.3 is 5.32 Å². The number of benzene rings is 2. The Morgan fingerprint density at radius 2 is 1.74 bits per heavy atom. The fourth-order valence-corrected chi connectivity index (χ4v) is 3.60. The van der Waals surface area contributed by atoms with Crippen LogP contribution in [-0.2, 0) is 6.54 Å². The van der Waals surface area contributed by atoms with Crippen LogP contribution in [0.4, 0.5) is 0 Å². The molecule has 0 spiro atoms. The fourth-order valence-electron chi connectivity index (χ4n) is 2.81. The molecule has 3 aromatic rings. The number of aromatic nitrogens is 2. The van der Waals surface area contributed by atoms with E-state index in [1.54, 1.807) is 23.9 Å². The van der Waals surface area contributed by atoms with Crippen molar-refractivity contribution in [3.05, 3.63) is 70.6 Å². The van der Waals surface area contributed by atoms with E-state index in [-0.39, 0.29) is 17.4 Å². The first kappa shape index (κ1) is 19.2. The summed E-state index contributed by atoms with van der Waals surface area (Å²) in [4.78, 5) is 26.5. The molecule has 2 aromatic carbocycles. The highest BCUT2D eigenvalue weighted by molar-refractivity contribution is 7.99. The summed E-state index contributed by atoms with van der Waals surface area (Å²) in [6, 6.07) is 17.2. The van der Waals surface area contributed by atoms with Gasteiger partial charge in [0.05, 0.1) is 5.39 Å². The second-order valence-corrected chi connectivity index (χ2v) is 7.86. The van der Waals surface area contributed by atoms with Crippen LogP contribution in [0.2, 0.25) is 0 Å². The number of rotatable bonds is 7. The monoisotopic (exact) mass is 381 g/mol. The summed E-state index contributed by atoms with van der Waals surface area (Å²) >= 11 is 1.68. The predicted molar refractivity (Wildman–Crippen MR) is 110 cm³/mol. The molecule has 0 aliphatic carbocycles. The second-order valence-electron chi connectivity index (χ2n) is 6.69. The topological polar surface area (TPSA) is 64.0 Å². The SMILES string of the molecule is CC(C)Cn1nc(C(=O)NCCSc2ccccc2)c2ccccc2c1=O. The molecular weight excluding hydrogens is 358 g/mol. The molecular formula is C21H23N3O2S. The van der Waals surface area contributed by atoms with E-state index >= 15 is 0 Å². The number of thioether (sulfide) groups is 1. The van der Waals surface area contributed by atoms with Gasteiger partial charge in [0, 0.05) is 29.1 Å². The van der Waals surface area contributed by atoms with Gasteiger partial charge in [0.2, 0.25) is 0 Å². The van der Waals surface area contributed by atoms with Crippen molar-refractivity contribution in [3.8, 4) is 0 Å². The largest absolute Gasteiger partial charge is 0.350 e. The van der Waals surface area contributed by atoms with Gasteiger partial charge in [0.25, 0.3) is 11.5 Å². The molecule has 3 rings (SSSR count). The Morgan fingerprint density at radius 1 is 1.07 bits per heavy atom. The number of hydrogen-bond acceptors (Lipinski definition) is 4. The number of carbonyl (C=O) groups is 1. The highest BCUT2D eigenvalue weighted by Gasteiger charge is 2.16. The lowest BCUT2D eigenvalue weighted by molar-refractivity contribution is 0.0950. The lowest BCUT2D eigenvalue weighted by atomic mass is 10.1. The fraction of sp³-hybridized carbons (Fsp3) is 0.286. The molecule has 1 aromatic heterocycles. The Kier molecular flexibility index (Phi) is 6.29. The van der Waals surface area contributed by atoms with E-state index < -0.39 is 0 Å². The number of carbonyl (C=O) groups excluding carboxylic acids is 1. The van der Waals surface area contributed by atoms with Crippen LogP contribution in [0, 0.1) is 5.92 Å². The van der Waals surface area contributed by atoms with Gasteiger partial charge >= 0.3 is 0 Å². The summed E-state index contributed by atoms with van der Waals surface area (Å²) < 4.78 is 1.40. The average Bonchev–Trinajstić information content (AvgIpc) is 2.68. The molecule has 1 N–H and O–H groups in total. The third-order valence-corrected chi connectivity index (χ3v) is 5.03. The Morgan fingerprint density at radius 3 is 2.44 bits per heavy atom. The van der Waals surface area contributed by atoms with Crippen LogP contribution in [-0.4, -0.2) is 28.0 Å². The number of nitrogens with one attached hydrogen (secondary N) is 1. The minimum atomic E-state index is -0.252. The molecule has 0 aliphatic heterocycles. The molecule has 0 bridgehead atoms. The van der Waals surface area contributed by atoms with Crippen LogP contribution in [0.3, 0.4) is 0 Å². The van der Waals surface area contributed by atoms with Crippen molar-refractivity contribution in [2.24, 2.45) is 5.92 Å². The molecule has 0 saturated heterocycles. The zero-order chi connectivity index (χ0) is 19.2. The lowest BCUT2D eigenvalue weighted by Crippen LogP contribution is -2.32. The summed E-state index contributed by atoms with van der Waals surface area (Å²) in [5.41, 5.74) is 0.144. The number of nitrogens with zero attached hydrogens (tertiary/aromatic N) is 2. The van der Waals surface area contributed by atoms with Crippen LogP contribution >= 0.6 is 11.8 Å². The molecule has 6 heteroatoms.